The first-order valence-corrected chi connectivity index (χ1v) is 12.3. The topological polar surface area (TPSA) is 151 Å². The number of hydrogen-bond donors (Lipinski definition) is 5. The van der Waals surface area contributed by atoms with Gasteiger partial charge in [0, 0.05) is 0 Å². The SMILES string of the molecule is CCC(C)C(NC(=O)CNC(=O)C(CCSC)NC(=O)C(N)CCSC)C(=O)O. The smallest absolute Gasteiger partial charge is 0.326 e. The molecule has 0 aromatic heterocycles. The normalized spacial score (nSPS) is 14.9. The second-order valence-electron chi connectivity index (χ2n) is 6.72. The van der Waals surface area contributed by atoms with Crippen LogP contribution in [0.2, 0.25) is 0 Å². The second-order valence-corrected chi connectivity index (χ2v) is 8.69. The van der Waals surface area contributed by atoms with Crippen molar-refractivity contribution in [1.29, 1.82) is 0 Å². The van der Waals surface area contributed by atoms with Crippen LogP contribution in [-0.2, 0) is 19.2 Å². The molecule has 3 amide bonds. The summed E-state index contributed by atoms with van der Waals surface area (Å²) in [6, 6.07) is -2.54. The monoisotopic (exact) mass is 450 g/mol. The van der Waals surface area contributed by atoms with Gasteiger partial charge in [0.15, 0.2) is 0 Å². The van der Waals surface area contributed by atoms with Crippen molar-refractivity contribution in [3.63, 3.8) is 0 Å². The van der Waals surface area contributed by atoms with E-state index in [1.165, 1.54) is 11.8 Å². The van der Waals surface area contributed by atoms with Gasteiger partial charge < -0.3 is 26.8 Å². The van der Waals surface area contributed by atoms with Crippen molar-refractivity contribution < 1.29 is 24.3 Å². The standard InChI is InChI=1S/C18H34N4O5S2/c1-5-11(2)15(18(26)27)22-14(23)10-20-17(25)13(7-9-29-4)21-16(24)12(19)6-8-28-3/h11-13,15H,5-10,19H2,1-4H3,(H,20,25)(H,21,24)(H,22,23)(H,26,27). The van der Waals surface area contributed by atoms with E-state index in [1.54, 1.807) is 18.7 Å². The van der Waals surface area contributed by atoms with Crippen LogP contribution in [0, 0.1) is 5.92 Å². The lowest BCUT2D eigenvalue weighted by Gasteiger charge is -2.22. The summed E-state index contributed by atoms with van der Waals surface area (Å²) >= 11 is 3.11. The minimum absolute atomic E-state index is 0.247. The summed E-state index contributed by atoms with van der Waals surface area (Å²) in [5.41, 5.74) is 5.85. The summed E-state index contributed by atoms with van der Waals surface area (Å²) in [5.74, 6) is -1.51. The average molecular weight is 451 g/mol. The Hall–Kier alpha value is -1.46. The maximum absolute atomic E-state index is 12.5. The van der Waals surface area contributed by atoms with Crippen LogP contribution in [0.1, 0.15) is 33.1 Å². The Morgan fingerprint density at radius 3 is 2.10 bits per heavy atom. The Bertz CT molecular complexity index is 550. The van der Waals surface area contributed by atoms with E-state index in [-0.39, 0.29) is 12.5 Å². The quantitative estimate of drug-likeness (QED) is 0.235. The maximum Gasteiger partial charge on any atom is 0.326 e. The number of carbonyl (C=O) groups is 4. The molecule has 0 aliphatic rings. The molecule has 0 heterocycles. The number of carbonyl (C=O) groups excluding carboxylic acids is 3. The largest absolute Gasteiger partial charge is 0.480 e. The molecule has 9 nitrogen and oxygen atoms in total. The third-order valence-corrected chi connectivity index (χ3v) is 5.72. The van der Waals surface area contributed by atoms with Crippen LogP contribution < -0.4 is 21.7 Å². The highest BCUT2D eigenvalue weighted by Crippen LogP contribution is 2.08. The molecule has 0 spiro atoms. The fourth-order valence-electron chi connectivity index (χ4n) is 2.36. The molecule has 0 bridgehead atoms. The van der Waals surface area contributed by atoms with Crippen molar-refractivity contribution >= 4 is 47.2 Å². The highest BCUT2D eigenvalue weighted by molar-refractivity contribution is 7.98. The molecule has 168 valence electrons. The van der Waals surface area contributed by atoms with Crippen LogP contribution in [0.5, 0.6) is 0 Å². The molecule has 11 heteroatoms. The molecule has 0 radical (unpaired) electrons. The Kier molecular flexibility index (Phi) is 14.6. The Balaban J connectivity index is 4.78. The van der Waals surface area contributed by atoms with Gasteiger partial charge in [0.1, 0.15) is 12.1 Å². The molecule has 0 saturated heterocycles. The highest BCUT2D eigenvalue weighted by Gasteiger charge is 2.27. The molecule has 4 atom stereocenters. The van der Waals surface area contributed by atoms with Gasteiger partial charge in [-0.1, -0.05) is 20.3 Å². The average Bonchev–Trinajstić information content (AvgIpc) is 2.70. The summed E-state index contributed by atoms with van der Waals surface area (Å²) in [4.78, 5) is 48.0. The molecular weight excluding hydrogens is 416 g/mol. The number of rotatable bonds is 15. The van der Waals surface area contributed by atoms with Crippen LogP contribution >= 0.6 is 23.5 Å². The summed E-state index contributed by atoms with van der Waals surface area (Å²) in [5, 5.41) is 16.8. The third kappa shape index (κ3) is 11.3. The molecule has 29 heavy (non-hydrogen) atoms. The fraction of sp³-hybridized carbons (Fsp3) is 0.778. The van der Waals surface area contributed by atoms with Gasteiger partial charge in [-0.05, 0) is 42.8 Å². The predicted octanol–water partition coefficient (Wildman–Crippen LogP) is 0.0364. The van der Waals surface area contributed by atoms with Crippen molar-refractivity contribution in [3.8, 4) is 0 Å². The van der Waals surface area contributed by atoms with E-state index in [9.17, 15) is 24.3 Å². The van der Waals surface area contributed by atoms with Crippen molar-refractivity contribution in [3.05, 3.63) is 0 Å². The second kappa shape index (κ2) is 15.4. The Labute approximate surface area is 181 Å². The zero-order valence-corrected chi connectivity index (χ0v) is 19.2. The zero-order chi connectivity index (χ0) is 22.4. The van der Waals surface area contributed by atoms with Gasteiger partial charge in [-0.25, -0.2) is 4.79 Å². The van der Waals surface area contributed by atoms with E-state index in [0.29, 0.717) is 25.0 Å². The van der Waals surface area contributed by atoms with Crippen LogP contribution in [0.4, 0.5) is 0 Å². The molecule has 4 unspecified atom stereocenters. The zero-order valence-electron chi connectivity index (χ0n) is 17.5. The lowest BCUT2D eigenvalue weighted by atomic mass is 9.99. The van der Waals surface area contributed by atoms with E-state index in [4.69, 9.17) is 5.73 Å². The van der Waals surface area contributed by atoms with E-state index in [0.717, 1.165) is 5.75 Å². The van der Waals surface area contributed by atoms with E-state index in [2.05, 4.69) is 16.0 Å². The van der Waals surface area contributed by atoms with Gasteiger partial charge in [-0.3, -0.25) is 14.4 Å². The predicted molar refractivity (Wildman–Crippen MR) is 118 cm³/mol. The van der Waals surface area contributed by atoms with Crippen LogP contribution in [0.3, 0.4) is 0 Å². The molecule has 0 rings (SSSR count). The summed E-state index contributed by atoms with van der Waals surface area (Å²) in [7, 11) is 0. The number of carboxylic acid groups (broad SMARTS) is 1. The summed E-state index contributed by atoms with van der Waals surface area (Å²) in [6.07, 6.45) is 5.28. The number of amides is 3. The number of aliphatic carboxylic acids is 1. The number of nitrogens with two attached hydrogens (primary N) is 1. The van der Waals surface area contributed by atoms with Crippen LogP contribution in [0.25, 0.3) is 0 Å². The number of thioether (sulfide) groups is 2. The van der Waals surface area contributed by atoms with Crippen LogP contribution in [0.15, 0.2) is 0 Å². The van der Waals surface area contributed by atoms with Crippen molar-refractivity contribution in [2.45, 2.75) is 51.2 Å². The van der Waals surface area contributed by atoms with Gasteiger partial charge in [-0.15, -0.1) is 0 Å². The van der Waals surface area contributed by atoms with Crippen molar-refractivity contribution in [2.24, 2.45) is 11.7 Å². The Morgan fingerprint density at radius 1 is 1.00 bits per heavy atom. The summed E-state index contributed by atoms with van der Waals surface area (Å²) < 4.78 is 0. The maximum atomic E-state index is 12.5. The highest BCUT2D eigenvalue weighted by atomic mass is 32.2. The van der Waals surface area contributed by atoms with Gasteiger partial charge in [0.2, 0.25) is 17.7 Å². The minimum atomic E-state index is -1.12. The lowest BCUT2D eigenvalue weighted by Crippen LogP contribution is -2.54. The van der Waals surface area contributed by atoms with Crippen molar-refractivity contribution in [1.82, 2.24) is 16.0 Å². The van der Waals surface area contributed by atoms with Gasteiger partial charge >= 0.3 is 5.97 Å². The number of nitrogens with one attached hydrogen (secondary N) is 3. The molecule has 0 aliphatic carbocycles. The van der Waals surface area contributed by atoms with E-state index >= 15 is 0 Å². The fourth-order valence-corrected chi connectivity index (χ4v) is 3.32. The van der Waals surface area contributed by atoms with Gasteiger partial charge in [0.05, 0.1) is 12.6 Å². The van der Waals surface area contributed by atoms with Gasteiger partial charge in [0.25, 0.3) is 0 Å². The third-order valence-electron chi connectivity index (χ3n) is 4.43. The first kappa shape index (κ1) is 27.5. The minimum Gasteiger partial charge on any atom is -0.480 e. The number of hydrogen-bond acceptors (Lipinski definition) is 7. The first-order chi connectivity index (χ1) is 13.7. The lowest BCUT2D eigenvalue weighted by molar-refractivity contribution is -0.143. The molecule has 0 aromatic rings. The van der Waals surface area contributed by atoms with Gasteiger partial charge in [-0.2, -0.15) is 23.5 Å². The molecular formula is C18H34N4O5S2. The molecule has 0 aliphatic heterocycles. The van der Waals surface area contributed by atoms with Crippen LogP contribution in [-0.4, -0.2) is 77.5 Å². The Morgan fingerprint density at radius 2 is 1.59 bits per heavy atom. The van der Waals surface area contributed by atoms with E-state index < -0.39 is 41.8 Å². The van der Waals surface area contributed by atoms with E-state index in [1.807, 2.05) is 19.4 Å². The first-order valence-electron chi connectivity index (χ1n) is 9.51. The molecule has 0 saturated carbocycles. The molecule has 6 N–H and O–H groups in total. The summed E-state index contributed by atoms with van der Waals surface area (Å²) in [6.45, 7) is 3.19. The number of carboxylic acids is 1. The molecule has 0 aromatic carbocycles. The van der Waals surface area contributed by atoms with Crippen molar-refractivity contribution in [2.75, 3.05) is 30.6 Å². The molecule has 0 fully saturated rings.